The molecule has 0 radical (unpaired) electrons. The largest absolute Gasteiger partial charge is 0.490 e. The number of likely N-dealkylation sites (tertiary alicyclic amines) is 1. The summed E-state index contributed by atoms with van der Waals surface area (Å²) >= 11 is 0. The molecule has 0 bridgehead atoms. The second kappa shape index (κ2) is 6.76. The average molecular weight is 356 g/mol. The van der Waals surface area contributed by atoms with Gasteiger partial charge in [-0.2, -0.15) is 0 Å². The number of benzene rings is 1. The highest BCUT2D eigenvalue weighted by Gasteiger charge is 2.37. The Labute approximate surface area is 152 Å². The van der Waals surface area contributed by atoms with Crippen LogP contribution in [0.5, 0.6) is 5.75 Å². The van der Waals surface area contributed by atoms with Crippen molar-refractivity contribution < 1.29 is 19.2 Å². The highest BCUT2D eigenvalue weighted by molar-refractivity contribution is 5.92. The lowest BCUT2D eigenvalue weighted by molar-refractivity contribution is -0.0534. The minimum atomic E-state index is -1.06. The fourth-order valence-electron chi connectivity index (χ4n) is 3.45. The van der Waals surface area contributed by atoms with Gasteiger partial charge in [-0.1, -0.05) is 23.4 Å². The Kier molecular flexibility index (Phi) is 4.44. The SMILES string of the molecule is Cc1ccccc1OC[C@@]1(O)CCCN(C(=O)c2cc(C3CC3)on2)C1. The van der Waals surface area contributed by atoms with Crippen molar-refractivity contribution in [3.05, 3.63) is 47.3 Å². The first kappa shape index (κ1) is 17.1. The molecule has 1 aromatic carbocycles. The molecule has 0 unspecified atom stereocenters. The van der Waals surface area contributed by atoms with Crippen LogP contribution in [0.25, 0.3) is 0 Å². The number of ether oxygens (including phenoxy) is 1. The number of amides is 1. The molecule has 1 aliphatic carbocycles. The number of aryl methyl sites for hydroxylation is 1. The van der Waals surface area contributed by atoms with E-state index in [0.29, 0.717) is 24.6 Å². The third-order valence-electron chi connectivity index (χ3n) is 5.16. The number of hydrogen-bond donors (Lipinski definition) is 1. The Morgan fingerprint density at radius 2 is 2.23 bits per heavy atom. The summed E-state index contributed by atoms with van der Waals surface area (Å²) < 4.78 is 11.1. The predicted molar refractivity (Wildman–Crippen MR) is 95.2 cm³/mol. The maximum Gasteiger partial charge on any atom is 0.276 e. The van der Waals surface area contributed by atoms with Gasteiger partial charge in [-0.25, -0.2) is 0 Å². The van der Waals surface area contributed by atoms with Gasteiger partial charge in [0.1, 0.15) is 23.7 Å². The van der Waals surface area contributed by atoms with Crippen molar-refractivity contribution in [2.75, 3.05) is 19.7 Å². The predicted octanol–water partition coefficient (Wildman–Crippen LogP) is 2.91. The standard InChI is InChI=1S/C20H24N2O4/c1-14-5-2-3-6-17(14)25-13-20(24)9-4-10-22(12-20)19(23)16-11-18(26-21-16)15-7-8-15/h2-3,5-6,11,15,24H,4,7-10,12-13H2,1H3/t20-/m1/s1. The Hall–Kier alpha value is -2.34. The first-order valence-corrected chi connectivity index (χ1v) is 9.21. The third-order valence-corrected chi connectivity index (χ3v) is 5.16. The number of para-hydroxylation sites is 1. The van der Waals surface area contributed by atoms with Gasteiger partial charge in [0.05, 0.1) is 6.54 Å². The number of hydrogen-bond acceptors (Lipinski definition) is 5. The zero-order valence-electron chi connectivity index (χ0n) is 15.0. The number of aliphatic hydroxyl groups is 1. The monoisotopic (exact) mass is 356 g/mol. The van der Waals surface area contributed by atoms with Crippen molar-refractivity contribution in [1.29, 1.82) is 0 Å². The fourth-order valence-corrected chi connectivity index (χ4v) is 3.45. The van der Waals surface area contributed by atoms with E-state index in [1.54, 1.807) is 11.0 Å². The highest BCUT2D eigenvalue weighted by Crippen LogP contribution is 2.40. The van der Waals surface area contributed by atoms with Crippen LogP contribution < -0.4 is 4.74 Å². The van der Waals surface area contributed by atoms with E-state index in [0.717, 1.165) is 36.3 Å². The molecule has 26 heavy (non-hydrogen) atoms. The van der Waals surface area contributed by atoms with Crippen molar-refractivity contribution in [1.82, 2.24) is 10.1 Å². The van der Waals surface area contributed by atoms with Crippen LogP contribution >= 0.6 is 0 Å². The summed E-state index contributed by atoms with van der Waals surface area (Å²) in [5, 5.41) is 14.9. The second-order valence-corrected chi connectivity index (χ2v) is 7.50. The zero-order valence-corrected chi connectivity index (χ0v) is 15.0. The topological polar surface area (TPSA) is 75.8 Å². The van der Waals surface area contributed by atoms with E-state index in [1.165, 1.54) is 0 Å². The van der Waals surface area contributed by atoms with Gasteiger partial charge in [0, 0.05) is 18.5 Å². The van der Waals surface area contributed by atoms with E-state index in [-0.39, 0.29) is 19.1 Å². The van der Waals surface area contributed by atoms with Crippen LogP contribution in [0.4, 0.5) is 0 Å². The Bertz CT molecular complexity index is 799. The van der Waals surface area contributed by atoms with E-state index in [9.17, 15) is 9.90 Å². The maximum atomic E-state index is 12.7. The summed E-state index contributed by atoms with van der Waals surface area (Å²) in [4.78, 5) is 14.4. The average Bonchev–Trinajstić information content (AvgIpc) is 3.37. The molecule has 6 heteroatoms. The zero-order chi connectivity index (χ0) is 18.1. The van der Waals surface area contributed by atoms with Gasteiger partial charge < -0.3 is 19.3 Å². The van der Waals surface area contributed by atoms with Crippen molar-refractivity contribution in [2.45, 2.75) is 44.1 Å². The van der Waals surface area contributed by atoms with E-state index in [2.05, 4.69) is 5.16 Å². The molecule has 1 atom stereocenters. The van der Waals surface area contributed by atoms with E-state index in [1.807, 2.05) is 31.2 Å². The van der Waals surface area contributed by atoms with Gasteiger partial charge in [-0.3, -0.25) is 4.79 Å². The van der Waals surface area contributed by atoms with Crippen molar-refractivity contribution in [3.63, 3.8) is 0 Å². The minimum absolute atomic E-state index is 0.160. The van der Waals surface area contributed by atoms with Crippen molar-refractivity contribution >= 4 is 5.91 Å². The molecule has 1 saturated heterocycles. The fraction of sp³-hybridized carbons (Fsp3) is 0.500. The molecule has 1 amide bonds. The number of aromatic nitrogens is 1. The first-order valence-electron chi connectivity index (χ1n) is 9.21. The molecule has 0 spiro atoms. The molecule has 1 saturated carbocycles. The molecule has 2 heterocycles. The maximum absolute atomic E-state index is 12.7. The van der Waals surface area contributed by atoms with Crippen LogP contribution in [-0.4, -0.2) is 46.4 Å². The number of piperidine rings is 1. The van der Waals surface area contributed by atoms with E-state index >= 15 is 0 Å². The van der Waals surface area contributed by atoms with Crippen LogP contribution in [0.15, 0.2) is 34.9 Å². The number of carbonyl (C=O) groups is 1. The Balaban J connectivity index is 1.40. The van der Waals surface area contributed by atoms with Crippen LogP contribution in [-0.2, 0) is 0 Å². The molecule has 2 aliphatic rings. The van der Waals surface area contributed by atoms with Gasteiger partial charge in [-0.15, -0.1) is 0 Å². The van der Waals surface area contributed by atoms with Gasteiger partial charge in [0.25, 0.3) is 5.91 Å². The second-order valence-electron chi connectivity index (χ2n) is 7.50. The smallest absolute Gasteiger partial charge is 0.276 e. The third kappa shape index (κ3) is 3.60. The molecule has 1 aromatic heterocycles. The Morgan fingerprint density at radius 3 is 3.00 bits per heavy atom. The van der Waals surface area contributed by atoms with Crippen molar-refractivity contribution in [3.8, 4) is 5.75 Å². The lowest BCUT2D eigenvalue weighted by Gasteiger charge is -2.38. The summed E-state index contributed by atoms with van der Waals surface area (Å²) in [6.45, 7) is 2.98. The number of carbonyl (C=O) groups excluding carboxylic acids is 1. The highest BCUT2D eigenvalue weighted by atomic mass is 16.5. The molecule has 6 nitrogen and oxygen atoms in total. The van der Waals surface area contributed by atoms with Gasteiger partial charge in [0.2, 0.25) is 0 Å². The molecular formula is C20H24N2O4. The molecule has 138 valence electrons. The quantitative estimate of drug-likeness (QED) is 0.891. The molecule has 2 aromatic rings. The summed E-state index contributed by atoms with van der Waals surface area (Å²) in [6.07, 6.45) is 3.53. The van der Waals surface area contributed by atoms with E-state index in [4.69, 9.17) is 9.26 Å². The molecular weight excluding hydrogens is 332 g/mol. The minimum Gasteiger partial charge on any atom is -0.490 e. The molecule has 2 fully saturated rings. The van der Waals surface area contributed by atoms with Gasteiger partial charge in [-0.05, 0) is 44.2 Å². The summed E-state index contributed by atoms with van der Waals surface area (Å²) in [7, 11) is 0. The summed E-state index contributed by atoms with van der Waals surface area (Å²) in [5.41, 5.74) is 0.296. The first-order chi connectivity index (χ1) is 12.5. The normalized spacial score (nSPS) is 23.1. The summed E-state index contributed by atoms with van der Waals surface area (Å²) in [5.74, 6) is 1.79. The van der Waals surface area contributed by atoms with Crippen LogP contribution in [0.1, 0.15) is 53.4 Å². The van der Waals surface area contributed by atoms with E-state index < -0.39 is 5.60 Å². The number of β-amino-alcohol motifs (C(OH)–C–C–N with tert-alkyl or cyclic N) is 1. The van der Waals surface area contributed by atoms with Gasteiger partial charge in [0.15, 0.2) is 5.69 Å². The summed E-state index contributed by atoms with van der Waals surface area (Å²) in [6, 6.07) is 9.46. The molecule has 1 aliphatic heterocycles. The van der Waals surface area contributed by atoms with Crippen LogP contribution in [0.3, 0.4) is 0 Å². The van der Waals surface area contributed by atoms with Gasteiger partial charge >= 0.3 is 0 Å². The number of rotatable bonds is 5. The van der Waals surface area contributed by atoms with Crippen LogP contribution in [0.2, 0.25) is 0 Å². The lowest BCUT2D eigenvalue weighted by Crippen LogP contribution is -2.53. The van der Waals surface area contributed by atoms with Crippen LogP contribution in [0, 0.1) is 6.92 Å². The Morgan fingerprint density at radius 1 is 1.42 bits per heavy atom. The molecule has 4 rings (SSSR count). The lowest BCUT2D eigenvalue weighted by atomic mass is 9.93. The van der Waals surface area contributed by atoms with Crippen molar-refractivity contribution in [2.24, 2.45) is 0 Å². The number of nitrogens with zero attached hydrogens (tertiary/aromatic N) is 2. The molecule has 1 N–H and O–H groups in total.